The standard InChI is InChI=1S/C10H9NO5S/c12-7-1-2-8-17(15,16)10-5-3-9(4-6-10)11(13)14/h3-6,12H,7-8H2. The molecule has 1 rings (SSSR count). The predicted molar refractivity (Wildman–Crippen MR) is 60.0 cm³/mol. The largest absolute Gasteiger partial charge is 0.384 e. The lowest BCUT2D eigenvalue weighted by atomic mass is 10.3. The highest BCUT2D eigenvalue weighted by molar-refractivity contribution is 7.91. The van der Waals surface area contributed by atoms with E-state index in [9.17, 15) is 18.5 Å². The van der Waals surface area contributed by atoms with Gasteiger partial charge < -0.3 is 5.11 Å². The van der Waals surface area contributed by atoms with Crippen LogP contribution in [0, 0.1) is 22.0 Å². The van der Waals surface area contributed by atoms with Crippen LogP contribution in [0.25, 0.3) is 0 Å². The van der Waals surface area contributed by atoms with E-state index in [1.54, 1.807) is 0 Å². The Hall–Kier alpha value is -1.91. The molecule has 17 heavy (non-hydrogen) atoms. The lowest BCUT2D eigenvalue weighted by Gasteiger charge is -1.99. The van der Waals surface area contributed by atoms with Gasteiger partial charge in [-0.3, -0.25) is 10.1 Å². The van der Waals surface area contributed by atoms with Crippen molar-refractivity contribution in [1.82, 2.24) is 0 Å². The van der Waals surface area contributed by atoms with Crippen molar-refractivity contribution in [1.29, 1.82) is 0 Å². The molecule has 1 aromatic rings. The summed E-state index contributed by atoms with van der Waals surface area (Å²) in [6, 6.07) is 4.56. The number of hydrogen-bond donors (Lipinski definition) is 1. The third kappa shape index (κ3) is 3.55. The summed E-state index contributed by atoms with van der Waals surface area (Å²) >= 11 is 0. The van der Waals surface area contributed by atoms with Gasteiger partial charge >= 0.3 is 0 Å². The zero-order valence-corrected chi connectivity index (χ0v) is 9.48. The molecule has 0 aliphatic heterocycles. The topological polar surface area (TPSA) is 97.5 Å². The van der Waals surface area contributed by atoms with Crippen molar-refractivity contribution in [3.8, 4) is 11.8 Å². The first-order valence-electron chi connectivity index (χ1n) is 4.51. The molecule has 0 aromatic heterocycles. The molecule has 1 aromatic carbocycles. The molecule has 0 fully saturated rings. The summed E-state index contributed by atoms with van der Waals surface area (Å²) in [4.78, 5) is 9.74. The second-order valence-electron chi connectivity index (χ2n) is 3.02. The summed E-state index contributed by atoms with van der Waals surface area (Å²) in [7, 11) is -3.58. The lowest BCUT2D eigenvalue weighted by Crippen LogP contribution is -2.05. The number of non-ortho nitro benzene ring substituents is 1. The Morgan fingerprint density at radius 2 is 1.82 bits per heavy atom. The van der Waals surface area contributed by atoms with Crippen molar-refractivity contribution < 1.29 is 18.4 Å². The molecule has 0 amide bonds. The molecular formula is C10H9NO5S. The number of nitro benzene ring substituents is 1. The minimum Gasteiger partial charge on any atom is -0.384 e. The Balaban J connectivity index is 2.96. The van der Waals surface area contributed by atoms with Crippen LogP contribution in [0.4, 0.5) is 5.69 Å². The van der Waals surface area contributed by atoms with E-state index in [4.69, 9.17) is 5.11 Å². The highest BCUT2D eigenvalue weighted by Crippen LogP contribution is 2.16. The molecule has 0 saturated heterocycles. The van der Waals surface area contributed by atoms with Crippen molar-refractivity contribution in [2.75, 3.05) is 12.4 Å². The molecule has 0 heterocycles. The first kappa shape index (κ1) is 13.2. The fourth-order valence-electron chi connectivity index (χ4n) is 1.06. The van der Waals surface area contributed by atoms with Crippen LogP contribution in [0.5, 0.6) is 0 Å². The van der Waals surface area contributed by atoms with E-state index in [2.05, 4.69) is 11.8 Å². The van der Waals surface area contributed by atoms with Gasteiger partial charge in [0.2, 0.25) is 0 Å². The number of nitro groups is 1. The van der Waals surface area contributed by atoms with Crippen LogP contribution >= 0.6 is 0 Å². The molecule has 0 radical (unpaired) electrons. The van der Waals surface area contributed by atoms with Gasteiger partial charge in [-0.1, -0.05) is 11.8 Å². The van der Waals surface area contributed by atoms with Crippen LogP contribution in [0.1, 0.15) is 0 Å². The first-order chi connectivity index (χ1) is 7.97. The highest BCUT2D eigenvalue weighted by Gasteiger charge is 2.14. The van der Waals surface area contributed by atoms with Crippen molar-refractivity contribution in [2.45, 2.75) is 4.90 Å². The van der Waals surface area contributed by atoms with Crippen LogP contribution in [0.2, 0.25) is 0 Å². The Labute approximate surface area is 98.0 Å². The smallest absolute Gasteiger partial charge is 0.269 e. The van der Waals surface area contributed by atoms with Crippen molar-refractivity contribution in [3.63, 3.8) is 0 Å². The predicted octanol–water partition coefficient (Wildman–Crippen LogP) is 0.364. The summed E-state index contributed by atoms with van der Waals surface area (Å²) in [6.07, 6.45) is 0. The van der Waals surface area contributed by atoms with Gasteiger partial charge in [0.1, 0.15) is 12.4 Å². The maximum absolute atomic E-state index is 11.6. The van der Waals surface area contributed by atoms with Gasteiger partial charge in [-0.15, -0.1) is 0 Å². The van der Waals surface area contributed by atoms with Crippen LogP contribution < -0.4 is 0 Å². The van der Waals surface area contributed by atoms with Gasteiger partial charge in [0.15, 0.2) is 9.84 Å². The number of nitrogens with zero attached hydrogens (tertiary/aromatic N) is 1. The minimum atomic E-state index is -3.58. The lowest BCUT2D eigenvalue weighted by molar-refractivity contribution is -0.384. The number of aliphatic hydroxyl groups excluding tert-OH is 1. The van der Waals surface area contributed by atoms with E-state index in [-0.39, 0.29) is 10.6 Å². The zero-order chi connectivity index (χ0) is 12.9. The third-order valence-electron chi connectivity index (χ3n) is 1.87. The van der Waals surface area contributed by atoms with Gasteiger partial charge in [0.05, 0.1) is 9.82 Å². The molecule has 0 aliphatic rings. The number of benzene rings is 1. The van der Waals surface area contributed by atoms with E-state index in [0.29, 0.717) is 0 Å². The highest BCUT2D eigenvalue weighted by atomic mass is 32.2. The fourth-order valence-corrected chi connectivity index (χ4v) is 2.07. The average Bonchev–Trinajstić information content (AvgIpc) is 2.29. The third-order valence-corrected chi connectivity index (χ3v) is 3.39. The Kier molecular flexibility index (Phi) is 4.20. The molecule has 0 bridgehead atoms. The van der Waals surface area contributed by atoms with Crippen molar-refractivity contribution in [3.05, 3.63) is 34.4 Å². The number of sulfone groups is 1. The number of aliphatic hydroxyl groups is 1. The SMILES string of the molecule is O=[N+]([O-])c1ccc(S(=O)(=O)CC#CCO)cc1. The summed E-state index contributed by atoms with van der Waals surface area (Å²) in [5, 5.41) is 18.8. The number of rotatable bonds is 3. The molecule has 0 saturated carbocycles. The van der Waals surface area contributed by atoms with E-state index in [0.717, 1.165) is 24.3 Å². The molecule has 0 spiro atoms. The average molecular weight is 255 g/mol. The molecule has 90 valence electrons. The molecule has 0 unspecified atom stereocenters. The minimum absolute atomic E-state index is 0.0321. The van der Waals surface area contributed by atoms with E-state index in [1.807, 2.05) is 0 Å². The second-order valence-corrected chi connectivity index (χ2v) is 5.01. The van der Waals surface area contributed by atoms with Crippen molar-refractivity contribution in [2.24, 2.45) is 0 Å². The summed E-state index contributed by atoms with van der Waals surface area (Å²) in [5.41, 5.74) is -0.176. The van der Waals surface area contributed by atoms with Gasteiger partial charge in [-0.2, -0.15) is 0 Å². The molecule has 0 aliphatic carbocycles. The Morgan fingerprint density at radius 1 is 1.24 bits per heavy atom. The summed E-state index contributed by atoms with van der Waals surface area (Å²) < 4.78 is 23.3. The number of hydrogen-bond acceptors (Lipinski definition) is 5. The first-order valence-corrected chi connectivity index (χ1v) is 6.16. The summed E-state index contributed by atoms with van der Waals surface area (Å²) in [5.74, 6) is 4.09. The Bertz CT molecular complexity index is 565. The fraction of sp³-hybridized carbons (Fsp3) is 0.200. The zero-order valence-electron chi connectivity index (χ0n) is 8.66. The van der Waals surface area contributed by atoms with Gasteiger partial charge in [-0.25, -0.2) is 8.42 Å². The van der Waals surface area contributed by atoms with Crippen molar-refractivity contribution >= 4 is 15.5 Å². The Morgan fingerprint density at radius 3 is 2.29 bits per heavy atom. The van der Waals surface area contributed by atoms with Crippen LogP contribution in [0.3, 0.4) is 0 Å². The second kappa shape index (κ2) is 5.43. The maximum atomic E-state index is 11.6. The van der Waals surface area contributed by atoms with Gasteiger partial charge in [-0.05, 0) is 12.1 Å². The molecule has 6 nitrogen and oxygen atoms in total. The summed E-state index contributed by atoms with van der Waals surface area (Å²) in [6.45, 7) is -0.407. The van der Waals surface area contributed by atoms with Crippen LogP contribution in [-0.2, 0) is 9.84 Å². The van der Waals surface area contributed by atoms with E-state index < -0.39 is 27.1 Å². The monoisotopic (exact) mass is 255 g/mol. The van der Waals surface area contributed by atoms with Gasteiger partial charge in [0, 0.05) is 12.1 Å². The normalized spacial score (nSPS) is 10.4. The molecule has 7 heteroatoms. The van der Waals surface area contributed by atoms with Gasteiger partial charge in [0.25, 0.3) is 5.69 Å². The van der Waals surface area contributed by atoms with E-state index in [1.165, 1.54) is 0 Å². The molecular weight excluding hydrogens is 246 g/mol. The quantitative estimate of drug-likeness (QED) is 0.478. The van der Waals surface area contributed by atoms with E-state index >= 15 is 0 Å². The molecule has 0 atom stereocenters. The van der Waals surface area contributed by atoms with Crippen LogP contribution in [-0.4, -0.2) is 30.8 Å². The molecule has 1 N–H and O–H groups in total. The maximum Gasteiger partial charge on any atom is 0.269 e. The van der Waals surface area contributed by atoms with Crippen LogP contribution in [0.15, 0.2) is 29.2 Å².